The Balaban J connectivity index is 2.87. The summed E-state index contributed by atoms with van der Waals surface area (Å²) < 4.78 is 37.8. The highest BCUT2D eigenvalue weighted by molar-refractivity contribution is 9.10. The Bertz CT molecular complexity index is 551. The van der Waals surface area contributed by atoms with Crippen molar-refractivity contribution in [3.63, 3.8) is 0 Å². The van der Waals surface area contributed by atoms with Gasteiger partial charge < -0.3 is 20.8 Å². The van der Waals surface area contributed by atoms with Crippen molar-refractivity contribution in [3.8, 4) is 0 Å². The van der Waals surface area contributed by atoms with Gasteiger partial charge in [0.25, 0.3) is 0 Å². The third-order valence-electron chi connectivity index (χ3n) is 2.33. The molecule has 0 bridgehead atoms. The quantitative estimate of drug-likeness (QED) is 0.651. The van der Waals surface area contributed by atoms with Crippen LogP contribution in [-0.2, 0) is 11.0 Å². The molecule has 0 heterocycles. The lowest BCUT2D eigenvalue weighted by atomic mass is 10.2. The fourth-order valence-corrected chi connectivity index (χ4v) is 1.65. The molecule has 0 aliphatic rings. The molecule has 116 valence electrons. The minimum Gasteiger partial charge on any atom is -0.480 e. The lowest BCUT2D eigenvalue weighted by Crippen LogP contribution is -2.45. The molecule has 1 unspecified atom stereocenters. The Labute approximate surface area is 125 Å². The van der Waals surface area contributed by atoms with Crippen molar-refractivity contribution in [2.75, 3.05) is 11.9 Å². The maximum atomic E-state index is 12.6. The SMILES string of the molecule is O=C(Nc1cc(C(F)(F)F)ccc1Br)NC(CO)C(=O)O. The van der Waals surface area contributed by atoms with E-state index in [4.69, 9.17) is 10.2 Å². The van der Waals surface area contributed by atoms with E-state index in [0.29, 0.717) is 6.07 Å². The van der Waals surface area contributed by atoms with Crippen LogP contribution in [0.2, 0.25) is 0 Å². The molecule has 6 nitrogen and oxygen atoms in total. The molecule has 1 atom stereocenters. The van der Waals surface area contributed by atoms with Crippen LogP contribution in [0, 0.1) is 0 Å². The average Bonchev–Trinajstić information content (AvgIpc) is 2.36. The number of alkyl halides is 3. The van der Waals surface area contributed by atoms with E-state index in [9.17, 15) is 22.8 Å². The van der Waals surface area contributed by atoms with Crippen molar-refractivity contribution < 1.29 is 33.0 Å². The fraction of sp³-hybridized carbons (Fsp3) is 0.273. The lowest BCUT2D eigenvalue weighted by Gasteiger charge is -2.15. The number of hydrogen-bond donors (Lipinski definition) is 4. The third-order valence-corrected chi connectivity index (χ3v) is 3.02. The Morgan fingerprint density at radius 1 is 1.33 bits per heavy atom. The highest BCUT2D eigenvalue weighted by atomic mass is 79.9. The van der Waals surface area contributed by atoms with Gasteiger partial charge in [-0.05, 0) is 34.1 Å². The zero-order chi connectivity index (χ0) is 16.2. The summed E-state index contributed by atoms with van der Waals surface area (Å²) in [7, 11) is 0. The van der Waals surface area contributed by atoms with E-state index < -0.39 is 36.4 Å². The number of carboxylic acids is 1. The number of carbonyl (C=O) groups excluding carboxylic acids is 1. The van der Waals surface area contributed by atoms with Gasteiger partial charge in [0.05, 0.1) is 17.9 Å². The fourth-order valence-electron chi connectivity index (χ4n) is 1.30. The van der Waals surface area contributed by atoms with Gasteiger partial charge in [-0.3, -0.25) is 0 Å². The minimum absolute atomic E-state index is 0.182. The van der Waals surface area contributed by atoms with Gasteiger partial charge in [-0.25, -0.2) is 9.59 Å². The van der Waals surface area contributed by atoms with Crippen LogP contribution in [0.1, 0.15) is 5.56 Å². The molecule has 1 aromatic carbocycles. The number of carbonyl (C=O) groups is 2. The first-order chi connectivity index (χ1) is 9.65. The summed E-state index contributed by atoms with van der Waals surface area (Å²) in [5.74, 6) is -1.48. The highest BCUT2D eigenvalue weighted by Crippen LogP contribution is 2.33. The number of benzene rings is 1. The van der Waals surface area contributed by atoms with Gasteiger partial charge in [0.2, 0.25) is 0 Å². The molecule has 1 rings (SSSR count). The second kappa shape index (κ2) is 6.76. The molecule has 0 saturated heterocycles. The Morgan fingerprint density at radius 2 is 1.95 bits per heavy atom. The zero-order valence-electron chi connectivity index (χ0n) is 10.2. The Kier molecular flexibility index (Phi) is 5.55. The van der Waals surface area contributed by atoms with E-state index in [1.165, 1.54) is 0 Å². The molecule has 0 aliphatic carbocycles. The van der Waals surface area contributed by atoms with Crippen LogP contribution >= 0.6 is 15.9 Å². The number of carboxylic acid groups (broad SMARTS) is 1. The molecular formula is C11H10BrF3N2O4. The summed E-state index contributed by atoms with van der Waals surface area (Å²) in [6, 6.07) is -0.00979. The van der Waals surface area contributed by atoms with Crippen molar-refractivity contribution >= 4 is 33.6 Å². The van der Waals surface area contributed by atoms with E-state index in [-0.39, 0.29) is 10.2 Å². The number of amides is 2. The molecule has 1 aromatic rings. The molecule has 2 amide bonds. The van der Waals surface area contributed by atoms with Gasteiger partial charge in [-0.2, -0.15) is 13.2 Å². The van der Waals surface area contributed by atoms with Crippen LogP contribution in [0.25, 0.3) is 0 Å². The van der Waals surface area contributed by atoms with Crippen molar-refractivity contribution in [1.82, 2.24) is 5.32 Å². The summed E-state index contributed by atoms with van der Waals surface area (Å²) in [6.45, 7) is -0.855. The van der Waals surface area contributed by atoms with Crippen LogP contribution in [-0.4, -0.2) is 34.9 Å². The van der Waals surface area contributed by atoms with Gasteiger partial charge in [-0.1, -0.05) is 0 Å². The number of aliphatic carboxylic acids is 1. The second-order valence-corrected chi connectivity index (χ2v) is 4.72. The predicted octanol–water partition coefficient (Wildman–Crippen LogP) is 2.03. The molecule has 0 aromatic heterocycles. The first-order valence-electron chi connectivity index (χ1n) is 5.43. The van der Waals surface area contributed by atoms with Gasteiger partial charge in [0.1, 0.15) is 0 Å². The Hall–Kier alpha value is -1.81. The first kappa shape index (κ1) is 17.2. The van der Waals surface area contributed by atoms with Crippen molar-refractivity contribution in [1.29, 1.82) is 0 Å². The molecule has 0 radical (unpaired) electrons. The number of aliphatic hydroxyl groups excluding tert-OH is 1. The normalized spacial score (nSPS) is 12.6. The van der Waals surface area contributed by atoms with Crippen molar-refractivity contribution in [2.24, 2.45) is 0 Å². The molecule has 10 heteroatoms. The number of hydrogen-bond acceptors (Lipinski definition) is 3. The summed E-state index contributed by atoms with van der Waals surface area (Å²) in [5, 5.41) is 21.3. The van der Waals surface area contributed by atoms with Gasteiger partial charge in [0.15, 0.2) is 6.04 Å². The predicted molar refractivity (Wildman–Crippen MR) is 69.8 cm³/mol. The maximum Gasteiger partial charge on any atom is 0.416 e. The summed E-state index contributed by atoms with van der Waals surface area (Å²) in [6.07, 6.45) is -4.58. The van der Waals surface area contributed by atoms with Crippen LogP contribution in [0.5, 0.6) is 0 Å². The van der Waals surface area contributed by atoms with Crippen LogP contribution < -0.4 is 10.6 Å². The number of urea groups is 1. The molecule has 21 heavy (non-hydrogen) atoms. The maximum absolute atomic E-state index is 12.6. The van der Waals surface area contributed by atoms with Gasteiger partial charge >= 0.3 is 18.2 Å². The van der Waals surface area contributed by atoms with Gasteiger partial charge in [0, 0.05) is 4.47 Å². The van der Waals surface area contributed by atoms with Crippen LogP contribution in [0.15, 0.2) is 22.7 Å². The minimum atomic E-state index is -4.58. The van der Waals surface area contributed by atoms with Gasteiger partial charge in [-0.15, -0.1) is 0 Å². The molecule has 0 saturated carbocycles. The second-order valence-electron chi connectivity index (χ2n) is 3.86. The van der Waals surface area contributed by atoms with E-state index in [1.807, 2.05) is 5.32 Å². The average molecular weight is 371 g/mol. The standard InChI is InChI=1S/C11H10BrF3N2O4/c12-6-2-1-5(11(13,14)15)3-7(6)16-10(21)17-8(4-18)9(19)20/h1-3,8,18H,4H2,(H,19,20)(H2,16,17,21). The molecule has 0 spiro atoms. The number of aliphatic hydroxyl groups is 1. The van der Waals surface area contributed by atoms with E-state index in [2.05, 4.69) is 21.2 Å². The highest BCUT2D eigenvalue weighted by Gasteiger charge is 2.31. The molecule has 4 N–H and O–H groups in total. The molecule has 0 aliphatic heterocycles. The topological polar surface area (TPSA) is 98.7 Å². The number of rotatable bonds is 4. The van der Waals surface area contributed by atoms with Crippen LogP contribution in [0.4, 0.5) is 23.7 Å². The van der Waals surface area contributed by atoms with Crippen LogP contribution in [0.3, 0.4) is 0 Å². The summed E-state index contributed by atoms with van der Waals surface area (Å²) in [4.78, 5) is 22.1. The van der Waals surface area contributed by atoms with Crippen molar-refractivity contribution in [2.45, 2.75) is 12.2 Å². The van der Waals surface area contributed by atoms with Crippen molar-refractivity contribution in [3.05, 3.63) is 28.2 Å². The van der Waals surface area contributed by atoms with E-state index >= 15 is 0 Å². The smallest absolute Gasteiger partial charge is 0.416 e. The van der Waals surface area contributed by atoms with E-state index in [1.54, 1.807) is 0 Å². The summed E-state index contributed by atoms with van der Waals surface area (Å²) in [5.41, 5.74) is -1.16. The third kappa shape index (κ3) is 4.90. The van der Waals surface area contributed by atoms with E-state index in [0.717, 1.165) is 12.1 Å². The Morgan fingerprint density at radius 3 is 2.43 bits per heavy atom. The number of nitrogens with one attached hydrogen (secondary N) is 2. The lowest BCUT2D eigenvalue weighted by molar-refractivity contribution is -0.140. The zero-order valence-corrected chi connectivity index (χ0v) is 11.8. The molecule has 0 fully saturated rings. The number of halogens is 4. The number of anilines is 1. The monoisotopic (exact) mass is 370 g/mol. The molecular weight excluding hydrogens is 361 g/mol. The summed E-state index contributed by atoms with van der Waals surface area (Å²) >= 11 is 2.96. The largest absolute Gasteiger partial charge is 0.480 e. The first-order valence-corrected chi connectivity index (χ1v) is 6.22.